The first kappa shape index (κ1) is 17.1. The van der Waals surface area contributed by atoms with E-state index in [-0.39, 0.29) is 5.57 Å². The van der Waals surface area contributed by atoms with Gasteiger partial charge in [-0.3, -0.25) is 4.79 Å². The lowest BCUT2D eigenvalue weighted by molar-refractivity contribution is -0.112. The van der Waals surface area contributed by atoms with Crippen LogP contribution in [0.25, 0.3) is 0 Å². The topological polar surface area (TPSA) is 64.9 Å². The van der Waals surface area contributed by atoms with Crippen molar-refractivity contribution in [2.24, 2.45) is 0 Å². The van der Waals surface area contributed by atoms with Gasteiger partial charge in [0.2, 0.25) is 0 Å². The quantitative estimate of drug-likeness (QED) is 0.578. The molecular formula is C17H13BrClN3O. The number of aryl methyl sites for hydroxylation is 1. The van der Waals surface area contributed by atoms with Crippen LogP contribution in [0.5, 0.6) is 0 Å². The van der Waals surface area contributed by atoms with Crippen LogP contribution in [0.1, 0.15) is 5.56 Å². The van der Waals surface area contributed by atoms with Gasteiger partial charge in [0.1, 0.15) is 11.6 Å². The number of hydrogen-bond acceptors (Lipinski definition) is 3. The van der Waals surface area contributed by atoms with E-state index in [9.17, 15) is 4.79 Å². The maximum Gasteiger partial charge on any atom is 0.267 e. The highest BCUT2D eigenvalue weighted by Crippen LogP contribution is 2.20. The summed E-state index contributed by atoms with van der Waals surface area (Å²) in [7, 11) is 0. The molecule has 0 fully saturated rings. The molecule has 0 saturated carbocycles. The smallest absolute Gasteiger partial charge is 0.267 e. The number of carbonyl (C=O) groups is 1. The SMILES string of the molecule is Cc1ccc(NC(=O)/C(C#N)=C\Nc2cccc(Br)c2)cc1Cl. The second kappa shape index (κ2) is 7.82. The molecule has 0 aliphatic carbocycles. The summed E-state index contributed by atoms with van der Waals surface area (Å²) in [6, 6.07) is 14.4. The number of nitrogens with zero attached hydrogens (tertiary/aromatic N) is 1. The van der Waals surface area contributed by atoms with E-state index in [0.717, 1.165) is 15.7 Å². The molecule has 0 unspecified atom stereocenters. The molecule has 0 aliphatic heterocycles. The second-order valence-corrected chi connectivity index (χ2v) is 6.07. The van der Waals surface area contributed by atoms with Gasteiger partial charge in [0, 0.05) is 27.1 Å². The fourth-order valence-corrected chi connectivity index (χ4v) is 2.33. The molecule has 0 spiro atoms. The summed E-state index contributed by atoms with van der Waals surface area (Å²) in [5.41, 5.74) is 2.17. The maximum absolute atomic E-state index is 12.1. The van der Waals surface area contributed by atoms with Gasteiger partial charge in [-0.05, 0) is 42.8 Å². The Labute approximate surface area is 147 Å². The van der Waals surface area contributed by atoms with Crippen molar-refractivity contribution in [2.45, 2.75) is 6.92 Å². The number of anilines is 2. The number of nitrogens with one attached hydrogen (secondary N) is 2. The average Bonchev–Trinajstić information content (AvgIpc) is 2.51. The van der Waals surface area contributed by atoms with Crippen molar-refractivity contribution in [3.8, 4) is 6.07 Å². The predicted molar refractivity (Wildman–Crippen MR) is 96.3 cm³/mol. The molecule has 23 heavy (non-hydrogen) atoms. The van der Waals surface area contributed by atoms with Crippen LogP contribution in [0.15, 0.2) is 58.7 Å². The molecule has 2 aromatic carbocycles. The number of hydrogen-bond donors (Lipinski definition) is 2. The molecule has 4 nitrogen and oxygen atoms in total. The molecule has 0 atom stereocenters. The Bertz CT molecular complexity index is 812. The summed E-state index contributed by atoms with van der Waals surface area (Å²) in [6.07, 6.45) is 1.37. The zero-order valence-corrected chi connectivity index (χ0v) is 14.6. The Balaban J connectivity index is 2.10. The van der Waals surface area contributed by atoms with E-state index in [4.69, 9.17) is 16.9 Å². The van der Waals surface area contributed by atoms with Gasteiger partial charge in [-0.1, -0.05) is 39.7 Å². The fourth-order valence-electron chi connectivity index (χ4n) is 1.75. The lowest BCUT2D eigenvalue weighted by Gasteiger charge is -2.07. The van der Waals surface area contributed by atoms with Crippen LogP contribution >= 0.6 is 27.5 Å². The summed E-state index contributed by atoms with van der Waals surface area (Å²) in [5.74, 6) is -0.505. The molecule has 2 aromatic rings. The first-order valence-corrected chi connectivity index (χ1v) is 7.86. The highest BCUT2D eigenvalue weighted by molar-refractivity contribution is 9.10. The highest BCUT2D eigenvalue weighted by atomic mass is 79.9. The van der Waals surface area contributed by atoms with Crippen LogP contribution in [-0.4, -0.2) is 5.91 Å². The minimum atomic E-state index is -0.505. The van der Waals surface area contributed by atoms with E-state index in [1.165, 1.54) is 6.20 Å². The zero-order chi connectivity index (χ0) is 16.8. The summed E-state index contributed by atoms with van der Waals surface area (Å²) in [6.45, 7) is 1.87. The molecular weight excluding hydrogens is 378 g/mol. The van der Waals surface area contributed by atoms with E-state index in [2.05, 4.69) is 26.6 Å². The zero-order valence-electron chi connectivity index (χ0n) is 12.2. The summed E-state index contributed by atoms with van der Waals surface area (Å²) < 4.78 is 0.896. The Morgan fingerprint density at radius 2 is 2.04 bits per heavy atom. The van der Waals surface area contributed by atoms with Gasteiger partial charge in [0.05, 0.1) is 0 Å². The third kappa shape index (κ3) is 4.85. The molecule has 2 N–H and O–H groups in total. The number of halogens is 2. The van der Waals surface area contributed by atoms with Gasteiger partial charge in [0.25, 0.3) is 5.91 Å². The van der Waals surface area contributed by atoms with Crippen LogP contribution in [0.4, 0.5) is 11.4 Å². The van der Waals surface area contributed by atoms with Crippen molar-refractivity contribution in [3.05, 3.63) is 69.3 Å². The van der Waals surface area contributed by atoms with Gasteiger partial charge in [0.15, 0.2) is 0 Å². The summed E-state index contributed by atoms with van der Waals surface area (Å²) in [4.78, 5) is 12.1. The number of amides is 1. The molecule has 0 aromatic heterocycles. The van der Waals surface area contributed by atoms with Gasteiger partial charge in [-0.25, -0.2) is 0 Å². The van der Waals surface area contributed by atoms with Crippen LogP contribution in [0, 0.1) is 18.3 Å². The highest BCUT2D eigenvalue weighted by Gasteiger charge is 2.10. The molecule has 2 rings (SSSR count). The van der Waals surface area contributed by atoms with Gasteiger partial charge in [-0.2, -0.15) is 5.26 Å². The molecule has 0 heterocycles. The molecule has 6 heteroatoms. The maximum atomic E-state index is 12.1. The standard InChI is InChI=1S/C17H13BrClN3O/c1-11-5-6-15(8-16(11)19)22-17(23)12(9-20)10-21-14-4-2-3-13(18)7-14/h2-8,10,21H,1H3,(H,22,23)/b12-10-. The van der Waals surface area contributed by atoms with Crippen molar-refractivity contribution in [2.75, 3.05) is 10.6 Å². The van der Waals surface area contributed by atoms with Crippen LogP contribution in [0.3, 0.4) is 0 Å². The minimum Gasteiger partial charge on any atom is -0.360 e. The third-order valence-corrected chi connectivity index (χ3v) is 3.90. The van der Waals surface area contributed by atoms with E-state index in [1.54, 1.807) is 18.2 Å². The summed E-state index contributed by atoms with van der Waals surface area (Å²) >= 11 is 9.37. The monoisotopic (exact) mass is 389 g/mol. The minimum absolute atomic E-state index is 0.0401. The molecule has 0 radical (unpaired) electrons. The van der Waals surface area contributed by atoms with Crippen molar-refractivity contribution in [1.29, 1.82) is 5.26 Å². The van der Waals surface area contributed by atoms with Crippen LogP contribution in [0.2, 0.25) is 5.02 Å². The van der Waals surface area contributed by atoms with Crippen LogP contribution in [-0.2, 0) is 4.79 Å². The second-order valence-electron chi connectivity index (χ2n) is 4.74. The Morgan fingerprint density at radius 1 is 1.26 bits per heavy atom. The van der Waals surface area contributed by atoms with E-state index >= 15 is 0 Å². The lowest BCUT2D eigenvalue weighted by atomic mass is 10.2. The summed E-state index contributed by atoms with van der Waals surface area (Å²) in [5, 5.41) is 15.3. The van der Waals surface area contributed by atoms with Crippen LogP contribution < -0.4 is 10.6 Å². The number of carbonyl (C=O) groups excluding carboxylic acids is 1. The third-order valence-electron chi connectivity index (χ3n) is 3.00. The molecule has 116 valence electrons. The average molecular weight is 391 g/mol. The first-order chi connectivity index (χ1) is 11.0. The van der Waals surface area contributed by atoms with Crippen molar-refractivity contribution >= 4 is 44.8 Å². The lowest BCUT2D eigenvalue weighted by Crippen LogP contribution is -2.14. The predicted octanol–water partition coefficient (Wildman–Crippen LogP) is 4.87. The largest absolute Gasteiger partial charge is 0.360 e. The molecule has 1 amide bonds. The number of rotatable bonds is 4. The number of benzene rings is 2. The van der Waals surface area contributed by atoms with Crippen molar-refractivity contribution in [3.63, 3.8) is 0 Å². The van der Waals surface area contributed by atoms with E-state index in [0.29, 0.717) is 10.7 Å². The molecule has 0 bridgehead atoms. The Morgan fingerprint density at radius 3 is 2.70 bits per heavy atom. The number of nitriles is 1. The Kier molecular flexibility index (Phi) is 5.80. The van der Waals surface area contributed by atoms with Gasteiger partial charge < -0.3 is 10.6 Å². The van der Waals surface area contributed by atoms with Crippen molar-refractivity contribution < 1.29 is 4.79 Å². The normalized spacial score (nSPS) is 10.8. The fraction of sp³-hybridized carbons (Fsp3) is 0.0588. The first-order valence-electron chi connectivity index (χ1n) is 6.69. The van der Waals surface area contributed by atoms with Crippen molar-refractivity contribution in [1.82, 2.24) is 0 Å². The molecule has 0 aliphatic rings. The van der Waals surface area contributed by atoms with Gasteiger partial charge in [-0.15, -0.1) is 0 Å². The van der Waals surface area contributed by atoms with E-state index in [1.807, 2.05) is 37.3 Å². The molecule has 0 saturated heterocycles. The Hall–Kier alpha value is -2.29. The van der Waals surface area contributed by atoms with E-state index < -0.39 is 5.91 Å². The van der Waals surface area contributed by atoms with Gasteiger partial charge >= 0.3 is 0 Å².